The van der Waals surface area contributed by atoms with Crippen molar-refractivity contribution in [2.24, 2.45) is 0 Å². The van der Waals surface area contributed by atoms with Gasteiger partial charge in [0.2, 0.25) is 0 Å². The van der Waals surface area contributed by atoms with Crippen LogP contribution in [0.4, 0.5) is 0 Å². The van der Waals surface area contributed by atoms with Gasteiger partial charge in [-0.3, -0.25) is 0 Å². The molecule has 0 aromatic heterocycles. The summed E-state index contributed by atoms with van der Waals surface area (Å²) in [6.07, 6.45) is 2.47. The summed E-state index contributed by atoms with van der Waals surface area (Å²) in [4.78, 5) is 0.522. The Morgan fingerprint density at radius 2 is 1.73 bits per heavy atom. The average molecular weight is 226 g/mol. The van der Waals surface area contributed by atoms with Gasteiger partial charge in [0.1, 0.15) is 0 Å². The summed E-state index contributed by atoms with van der Waals surface area (Å²) in [6.45, 7) is 3.95. The second-order valence-electron chi connectivity index (χ2n) is 3.68. The Hall–Kier alpha value is -0.830. The van der Waals surface area contributed by atoms with Gasteiger partial charge >= 0.3 is 0 Å². The second kappa shape index (κ2) is 5.31. The normalized spacial score (nSPS) is 11.6. The molecule has 0 saturated carbocycles. The molecule has 0 fully saturated rings. The highest BCUT2D eigenvalue weighted by Gasteiger charge is 2.16. The number of rotatable bonds is 5. The molecule has 1 rings (SSSR count). The molecule has 0 bridgehead atoms. The SMILES string of the molecule is CCCc1ccccc1S(=O)(=O)CCC. The maximum Gasteiger partial charge on any atom is 0.178 e. The van der Waals surface area contributed by atoms with E-state index in [1.54, 1.807) is 12.1 Å². The number of aryl methyl sites for hydroxylation is 1. The van der Waals surface area contributed by atoms with Crippen LogP contribution < -0.4 is 0 Å². The van der Waals surface area contributed by atoms with Crippen molar-refractivity contribution in [3.05, 3.63) is 29.8 Å². The summed E-state index contributed by atoms with van der Waals surface area (Å²) in [5, 5.41) is 0. The Bertz CT molecular complexity index is 407. The highest BCUT2D eigenvalue weighted by molar-refractivity contribution is 7.91. The molecule has 0 atom stereocenters. The molecule has 0 heterocycles. The van der Waals surface area contributed by atoms with Crippen LogP contribution in [0.3, 0.4) is 0 Å². The third-order valence-electron chi connectivity index (χ3n) is 2.30. The molecule has 0 aliphatic rings. The molecule has 15 heavy (non-hydrogen) atoms. The van der Waals surface area contributed by atoms with Crippen LogP contribution in [-0.4, -0.2) is 14.2 Å². The van der Waals surface area contributed by atoms with Crippen LogP contribution >= 0.6 is 0 Å². The van der Waals surface area contributed by atoms with E-state index in [2.05, 4.69) is 6.92 Å². The third kappa shape index (κ3) is 3.06. The van der Waals surface area contributed by atoms with Gasteiger partial charge in [-0.25, -0.2) is 8.42 Å². The van der Waals surface area contributed by atoms with E-state index in [9.17, 15) is 8.42 Å². The summed E-state index contributed by atoms with van der Waals surface area (Å²) in [5.41, 5.74) is 0.952. The van der Waals surface area contributed by atoms with Crippen molar-refractivity contribution in [2.45, 2.75) is 38.0 Å². The minimum atomic E-state index is -3.06. The Morgan fingerprint density at radius 3 is 2.33 bits per heavy atom. The molecule has 0 aliphatic heterocycles. The fourth-order valence-corrected chi connectivity index (χ4v) is 3.27. The minimum absolute atomic E-state index is 0.244. The molecule has 84 valence electrons. The first kappa shape index (κ1) is 12.2. The molecule has 1 aromatic carbocycles. The highest BCUT2D eigenvalue weighted by atomic mass is 32.2. The van der Waals surface area contributed by atoms with E-state index in [-0.39, 0.29) is 5.75 Å². The zero-order valence-corrected chi connectivity index (χ0v) is 10.2. The van der Waals surface area contributed by atoms with Crippen molar-refractivity contribution in [3.8, 4) is 0 Å². The van der Waals surface area contributed by atoms with Gasteiger partial charge in [0.15, 0.2) is 9.84 Å². The van der Waals surface area contributed by atoms with Crippen molar-refractivity contribution < 1.29 is 8.42 Å². The predicted octanol–water partition coefficient (Wildman–Crippen LogP) is 2.82. The minimum Gasteiger partial charge on any atom is -0.224 e. The van der Waals surface area contributed by atoms with Crippen LogP contribution in [0, 0.1) is 0 Å². The summed E-state index contributed by atoms with van der Waals surface area (Å²) in [6, 6.07) is 7.32. The summed E-state index contributed by atoms with van der Waals surface area (Å²) in [5.74, 6) is 0.244. The lowest BCUT2D eigenvalue weighted by Crippen LogP contribution is -2.08. The molecule has 0 unspecified atom stereocenters. The molecule has 0 saturated heterocycles. The maximum atomic E-state index is 11.9. The fraction of sp³-hybridized carbons (Fsp3) is 0.500. The number of benzene rings is 1. The molecule has 0 amide bonds. The number of sulfone groups is 1. The van der Waals surface area contributed by atoms with E-state index in [0.717, 1.165) is 18.4 Å². The zero-order valence-electron chi connectivity index (χ0n) is 9.36. The molecule has 1 aromatic rings. The van der Waals surface area contributed by atoms with Gasteiger partial charge in [-0.1, -0.05) is 38.5 Å². The molecule has 0 N–H and O–H groups in total. The Labute approximate surface area is 92.2 Å². The van der Waals surface area contributed by atoms with Crippen molar-refractivity contribution in [2.75, 3.05) is 5.75 Å². The lowest BCUT2D eigenvalue weighted by atomic mass is 10.1. The van der Waals surface area contributed by atoms with E-state index in [0.29, 0.717) is 11.3 Å². The Kier molecular flexibility index (Phi) is 4.33. The Morgan fingerprint density at radius 1 is 1.07 bits per heavy atom. The van der Waals surface area contributed by atoms with E-state index < -0.39 is 9.84 Å². The topological polar surface area (TPSA) is 34.1 Å². The molecule has 3 heteroatoms. The quantitative estimate of drug-likeness (QED) is 0.773. The standard InChI is InChI=1S/C12H18O2S/c1-3-7-11-8-5-6-9-12(11)15(13,14)10-4-2/h5-6,8-9H,3-4,7,10H2,1-2H3. The first-order valence-corrected chi connectivity index (χ1v) is 7.07. The number of hydrogen-bond donors (Lipinski definition) is 0. The van der Waals surface area contributed by atoms with Gasteiger partial charge in [0.05, 0.1) is 10.6 Å². The van der Waals surface area contributed by atoms with E-state index in [4.69, 9.17) is 0 Å². The van der Waals surface area contributed by atoms with Gasteiger partial charge in [-0.2, -0.15) is 0 Å². The van der Waals surface area contributed by atoms with E-state index in [1.807, 2.05) is 19.1 Å². The highest BCUT2D eigenvalue weighted by Crippen LogP contribution is 2.18. The number of hydrogen-bond acceptors (Lipinski definition) is 2. The van der Waals surface area contributed by atoms with E-state index in [1.165, 1.54) is 0 Å². The van der Waals surface area contributed by atoms with Crippen molar-refractivity contribution >= 4 is 9.84 Å². The van der Waals surface area contributed by atoms with Crippen molar-refractivity contribution in [1.29, 1.82) is 0 Å². The average Bonchev–Trinajstić information content (AvgIpc) is 2.19. The maximum absolute atomic E-state index is 11.9. The summed E-state index contributed by atoms with van der Waals surface area (Å²) < 4.78 is 23.9. The second-order valence-corrected chi connectivity index (χ2v) is 5.75. The van der Waals surface area contributed by atoms with Crippen molar-refractivity contribution in [3.63, 3.8) is 0 Å². The van der Waals surface area contributed by atoms with Crippen LogP contribution in [-0.2, 0) is 16.3 Å². The zero-order chi connectivity index (χ0) is 11.3. The molecule has 0 aliphatic carbocycles. The van der Waals surface area contributed by atoms with Gasteiger partial charge in [-0.15, -0.1) is 0 Å². The molecular weight excluding hydrogens is 208 g/mol. The van der Waals surface area contributed by atoms with Crippen LogP contribution in [0.1, 0.15) is 32.3 Å². The molecule has 0 spiro atoms. The fourth-order valence-electron chi connectivity index (χ4n) is 1.66. The first-order chi connectivity index (χ1) is 7.11. The third-order valence-corrected chi connectivity index (χ3v) is 4.31. The smallest absolute Gasteiger partial charge is 0.178 e. The monoisotopic (exact) mass is 226 g/mol. The first-order valence-electron chi connectivity index (χ1n) is 5.42. The molecule has 0 radical (unpaired) electrons. The lowest BCUT2D eigenvalue weighted by Gasteiger charge is -2.08. The molecule has 2 nitrogen and oxygen atoms in total. The Balaban J connectivity index is 3.12. The van der Waals surface area contributed by atoms with Gasteiger partial charge < -0.3 is 0 Å². The van der Waals surface area contributed by atoms with Gasteiger partial charge in [-0.05, 0) is 24.5 Å². The predicted molar refractivity (Wildman–Crippen MR) is 62.8 cm³/mol. The molecular formula is C12H18O2S. The van der Waals surface area contributed by atoms with Crippen LogP contribution in [0.15, 0.2) is 29.2 Å². The largest absolute Gasteiger partial charge is 0.224 e. The van der Waals surface area contributed by atoms with Crippen LogP contribution in [0.2, 0.25) is 0 Å². The van der Waals surface area contributed by atoms with Crippen LogP contribution in [0.25, 0.3) is 0 Å². The van der Waals surface area contributed by atoms with Crippen molar-refractivity contribution in [1.82, 2.24) is 0 Å². The van der Waals surface area contributed by atoms with E-state index >= 15 is 0 Å². The van der Waals surface area contributed by atoms with Gasteiger partial charge in [0.25, 0.3) is 0 Å². The lowest BCUT2D eigenvalue weighted by molar-refractivity contribution is 0.593. The summed E-state index contributed by atoms with van der Waals surface area (Å²) >= 11 is 0. The van der Waals surface area contributed by atoms with Gasteiger partial charge in [0, 0.05) is 0 Å². The van der Waals surface area contributed by atoms with Crippen LogP contribution in [0.5, 0.6) is 0 Å². The summed E-state index contributed by atoms with van der Waals surface area (Å²) in [7, 11) is -3.06.